The molecule has 3 rings (SSSR count). The molecule has 8 heteroatoms. The van der Waals surface area contributed by atoms with E-state index in [2.05, 4.69) is 15.4 Å². The highest BCUT2D eigenvalue weighted by atomic mass is 32.2. The first-order valence-corrected chi connectivity index (χ1v) is 7.60. The van der Waals surface area contributed by atoms with Crippen LogP contribution in [-0.4, -0.2) is 51.6 Å². The van der Waals surface area contributed by atoms with Crippen LogP contribution in [-0.2, 0) is 15.6 Å². The fourth-order valence-electron chi connectivity index (χ4n) is 2.43. The van der Waals surface area contributed by atoms with E-state index in [1.54, 1.807) is 0 Å². The number of aromatic nitrogens is 3. The van der Waals surface area contributed by atoms with Crippen molar-refractivity contribution in [3.8, 4) is 0 Å². The van der Waals surface area contributed by atoms with E-state index in [1.807, 2.05) is 0 Å². The molecular formula is C10H16N4O3S. The van der Waals surface area contributed by atoms with Crippen molar-refractivity contribution >= 4 is 10.0 Å². The normalized spacial score (nSPS) is 30.5. The lowest BCUT2D eigenvalue weighted by Crippen LogP contribution is -2.49. The number of piperidine rings is 1. The number of hydrogen-bond donors (Lipinski definition) is 2. The van der Waals surface area contributed by atoms with Crippen LogP contribution in [0, 0.1) is 0 Å². The molecule has 1 aliphatic carbocycles. The Bertz CT molecular complexity index is 525. The Morgan fingerprint density at radius 3 is 2.89 bits per heavy atom. The van der Waals surface area contributed by atoms with Gasteiger partial charge in [0.15, 0.2) is 0 Å². The molecule has 1 aromatic heterocycles. The summed E-state index contributed by atoms with van der Waals surface area (Å²) in [5, 5.41) is 20.3. The minimum absolute atomic E-state index is 0.0817. The van der Waals surface area contributed by atoms with Gasteiger partial charge in [-0.3, -0.25) is 0 Å². The Kier molecular flexibility index (Phi) is 2.68. The number of nitrogens with one attached hydrogen (secondary N) is 1. The Labute approximate surface area is 105 Å². The lowest BCUT2D eigenvalue weighted by atomic mass is 9.91. The Hall–Kier alpha value is -0.990. The van der Waals surface area contributed by atoms with Crippen LogP contribution >= 0.6 is 0 Å². The average molecular weight is 272 g/mol. The fraction of sp³-hybridized carbons (Fsp3) is 0.800. The number of hydrogen-bond acceptors (Lipinski definition) is 5. The van der Waals surface area contributed by atoms with Crippen LogP contribution < -0.4 is 0 Å². The highest BCUT2D eigenvalue weighted by molar-refractivity contribution is 7.90. The first kappa shape index (κ1) is 12.1. The lowest BCUT2D eigenvalue weighted by molar-refractivity contribution is -0.0161. The smallest absolute Gasteiger partial charge is 0.217 e. The lowest BCUT2D eigenvalue weighted by Gasteiger charge is -2.37. The van der Waals surface area contributed by atoms with Crippen LogP contribution in [0.25, 0.3) is 0 Å². The molecule has 0 aromatic carbocycles. The van der Waals surface area contributed by atoms with Gasteiger partial charge >= 0.3 is 0 Å². The number of H-pyrrole nitrogens is 1. The molecule has 7 nitrogen and oxygen atoms in total. The van der Waals surface area contributed by atoms with Crippen molar-refractivity contribution in [2.24, 2.45) is 0 Å². The van der Waals surface area contributed by atoms with Crippen molar-refractivity contribution in [1.29, 1.82) is 0 Å². The number of nitrogens with zero attached hydrogens (tertiary/aromatic N) is 3. The Morgan fingerprint density at radius 2 is 2.28 bits per heavy atom. The number of aromatic amines is 1. The molecule has 0 amide bonds. The third-order valence-corrected chi connectivity index (χ3v) is 5.98. The van der Waals surface area contributed by atoms with Crippen molar-refractivity contribution in [3.63, 3.8) is 0 Å². The van der Waals surface area contributed by atoms with Gasteiger partial charge in [-0.25, -0.2) is 8.42 Å². The van der Waals surface area contributed by atoms with E-state index in [0.29, 0.717) is 25.1 Å². The second-order valence-corrected chi connectivity index (χ2v) is 7.28. The van der Waals surface area contributed by atoms with Gasteiger partial charge in [0, 0.05) is 13.1 Å². The Morgan fingerprint density at radius 1 is 1.50 bits per heavy atom. The van der Waals surface area contributed by atoms with E-state index >= 15 is 0 Å². The van der Waals surface area contributed by atoms with Crippen molar-refractivity contribution in [2.75, 3.05) is 13.1 Å². The Balaban J connectivity index is 1.84. The predicted molar refractivity (Wildman–Crippen MR) is 63.0 cm³/mol. The summed E-state index contributed by atoms with van der Waals surface area (Å²) >= 11 is 0. The van der Waals surface area contributed by atoms with Gasteiger partial charge in [-0.2, -0.15) is 19.7 Å². The zero-order chi connectivity index (χ0) is 12.8. The van der Waals surface area contributed by atoms with Crippen molar-refractivity contribution in [1.82, 2.24) is 19.7 Å². The van der Waals surface area contributed by atoms with Crippen LogP contribution in [0.4, 0.5) is 0 Å². The summed E-state index contributed by atoms with van der Waals surface area (Å²) in [5.74, 6) is 0. The third kappa shape index (κ3) is 1.94. The molecule has 2 fully saturated rings. The monoisotopic (exact) mass is 272 g/mol. The van der Waals surface area contributed by atoms with Crippen LogP contribution in [0.2, 0.25) is 0 Å². The number of aliphatic hydroxyl groups is 1. The zero-order valence-electron chi connectivity index (χ0n) is 9.91. The number of rotatable bonds is 3. The first-order valence-electron chi connectivity index (χ1n) is 6.10. The molecule has 1 atom stereocenters. The van der Waals surface area contributed by atoms with Gasteiger partial charge in [-0.15, -0.1) is 0 Å². The summed E-state index contributed by atoms with van der Waals surface area (Å²) in [7, 11) is -3.24. The highest BCUT2D eigenvalue weighted by Gasteiger charge is 2.46. The van der Waals surface area contributed by atoms with Crippen LogP contribution in [0.1, 0.15) is 31.4 Å². The van der Waals surface area contributed by atoms with E-state index in [9.17, 15) is 13.5 Å². The number of β-amino-alcohol motifs (C(OH)–C–C–N with tert-alkyl or cyclic N) is 1. The summed E-state index contributed by atoms with van der Waals surface area (Å²) in [6, 6.07) is 0. The van der Waals surface area contributed by atoms with Gasteiger partial charge in [-0.05, 0) is 25.7 Å². The molecule has 0 bridgehead atoms. The summed E-state index contributed by atoms with van der Waals surface area (Å²) in [4.78, 5) is 0. The summed E-state index contributed by atoms with van der Waals surface area (Å²) in [6.45, 7) is 0.567. The minimum Gasteiger partial charge on any atom is -0.382 e. The number of sulfonamides is 1. The van der Waals surface area contributed by atoms with E-state index in [0.717, 1.165) is 12.8 Å². The first-order chi connectivity index (χ1) is 8.52. The molecule has 2 aliphatic rings. The van der Waals surface area contributed by atoms with Gasteiger partial charge < -0.3 is 5.11 Å². The molecule has 1 aromatic rings. The van der Waals surface area contributed by atoms with Gasteiger partial charge in [0.05, 0.1) is 11.4 Å². The summed E-state index contributed by atoms with van der Waals surface area (Å²) in [5.41, 5.74) is -0.800. The standard InChI is InChI=1S/C10H16N4O3S/c15-10(9-6-11-13-12-9)4-1-5-14(7-10)18(16,17)8-2-3-8/h6,8,15H,1-5,7H2,(H,11,12,13)/t10-/m0/s1. The zero-order valence-corrected chi connectivity index (χ0v) is 10.7. The predicted octanol–water partition coefficient (Wildman–Crippen LogP) is -0.420. The largest absolute Gasteiger partial charge is 0.382 e. The van der Waals surface area contributed by atoms with Crippen molar-refractivity contribution in [2.45, 2.75) is 36.5 Å². The second-order valence-electron chi connectivity index (χ2n) is 5.07. The van der Waals surface area contributed by atoms with Gasteiger partial charge in [0.1, 0.15) is 11.3 Å². The van der Waals surface area contributed by atoms with Crippen LogP contribution in [0.15, 0.2) is 6.20 Å². The topological polar surface area (TPSA) is 99.2 Å². The van der Waals surface area contributed by atoms with Gasteiger partial charge in [0.2, 0.25) is 10.0 Å². The maximum atomic E-state index is 12.2. The van der Waals surface area contributed by atoms with Crippen molar-refractivity contribution < 1.29 is 13.5 Å². The average Bonchev–Trinajstić information content (AvgIpc) is 3.05. The summed E-state index contributed by atoms with van der Waals surface area (Å²) < 4.78 is 25.8. The van der Waals surface area contributed by atoms with Crippen LogP contribution in [0.3, 0.4) is 0 Å². The van der Waals surface area contributed by atoms with Gasteiger partial charge in [0.25, 0.3) is 0 Å². The third-order valence-electron chi connectivity index (χ3n) is 3.63. The van der Waals surface area contributed by atoms with E-state index in [-0.39, 0.29) is 11.8 Å². The van der Waals surface area contributed by atoms with E-state index in [1.165, 1.54) is 10.5 Å². The van der Waals surface area contributed by atoms with Gasteiger partial charge in [-0.1, -0.05) is 0 Å². The molecule has 1 saturated carbocycles. The SMILES string of the molecule is O=S(=O)(C1CC1)N1CCC[C@@](O)(c2cn[nH]n2)C1. The molecular weight excluding hydrogens is 256 g/mol. The quantitative estimate of drug-likeness (QED) is 0.778. The maximum absolute atomic E-state index is 12.2. The molecule has 1 aliphatic heterocycles. The highest BCUT2D eigenvalue weighted by Crippen LogP contribution is 2.36. The van der Waals surface area contributed by atoms with E-state index in [4.69, 9.17) is 0 Å². The molecule has 0 spiro atoms. The minimum atomic E-state index is -3.24. The molecule has 0 unspecified atom stereocenters. The molecule has 18 heavy (non-hydrogen) atoms. The second kappa shape index (κ2) is 4.01. The van der Waals surface area contributed by atoms with Crippen LogP contribution in [0.5, 0.6) is 0 Å². The molecule has 2 heterocycles. The summed E-state index contributed by atoms with van der Waals surface area (Å²) in [6.07, 6.45) is 4.07. The van der Waals surface area contributed by atoms with Crippen molar-refractivity contribution in [3.05, 3.63) is 11.9 Å². The molecule has 1 saturated heterocycles. The fourth-order valence-corrected chi connectivity index (χ4v) is 4.36. The molecule has 0 radical (unpaired) electrons. The molecule has 2 N–H and O–H groups in total. The van der Waals surface area contributed by atoms with E-state index < -0.39 is 15.6 Å². The maximum Gasteiger partial charge on any atom is 0.217 e. The molecule has 100 valence electrons.